The lowest BCUT2D eigenvalue weighted by atomic mass is 9.79. The summed E-state index contributed by atoms with van der Waals surface area (Å²) in [7, 11) is 0. The first-order valence-electron chi connectivity index (χ1n) is 7.66. The highest BCUT2D eigenvalue weighted by atomic mass is 35.5. The quantitative estimate of drug-likeness (QED) is 0.755. The van der Waals surface area contributed by atoms with Gasteiger partial charge in [-0.15, -0.1) is 0 Å². The molecule has 4 nitrogen and oxygen atoms in total. The average molecular weight is 289 g/mol. The molecule has 0 radical (unpaired) electrons. The molecule has 2 bridgehead atoms. The molecule has 0 amide bonds. The van der Waals surface area contributed by atoms with Crippen molar-refractivity contribution in [3.8, 4) is 0 Å². The van der Waals surface area contributed by atoms with Crippen LogP contribution in [0, 0.1) is 23.7 Å². The molecule has 2 aromatic rings. The van der Waals surface area contributed by atoms with E-state index in [-0.39, 0.29) is 0 Å². The Labute approximate surface area is 122 Å². The van der Waals surface area contributed by atoms with Crippen LogP contribution in [0.2, 0.25) is 5.15 Å². The minimum absolute atomic E-state index is 0.468. The summed E-state index contributed by atoms with van der Waals surface area (Å²) in [6.45, 7) is 0. The van der Waals surface area contributed by atoms with Gasteiger partial charge in [-0.3, -0.25) is 0 Å². The van der Waals surface area contributed by atoms with Crippen molar-refractivity contribution in [3.63, 3.8) is 0 Å². The van der Waals surface area contributed by atoms with Crippen LogP contribution in [0.4, 0.5) is 0 Å². The predicted molar refractivity (Wildman–Crippen MR) is 76.4 cm³/mol. The van der Waals surface area contributed by atoms with E-state index in [0.717, 1.165) is 34.8 Å². The predicted octanol–water partition coefficient (Wildman–Crippen LogP) is 3.48. The molecule has 5 atom stereocenters. The Balaban J connectivity index is 1.59. The molecule has 0 spiro atoms. The molecular formula is C15H17ClN4. The van der Waals surface area contributed by atoms with Crippen molar-refractivity contribution in [2.24, 2.45) is 23.7 Å². The fourth-order valence-corrected chi connectivity index (χ4v) is 5.59. The zero-order valence-electron chi connectivity index (χ0n) is 11.2. The van der Waals surface area contributed by atoms with Gasteiger partial charge in [0.25, 0.3) is 0 Å². The van der Waals surface area contributed by atoms with Crippen molar-refractivity contribution in [3.05, 3.63) is 17.8 Å². The third-order valence-corrected chi connectivity index (χ3v) is 6.34. The molecule has 5 rings (SSSR count). The summed E-state index contributed by atoms with van der Waals surface area (Å²) in [6.07, 6.45) is 10.5. The molecule has 104 valence electrons. The number of hydrogen-bond acceptors (Lipinski definition) is 3. The number of halogens is 1. The van der Waals surface area contributed by atoms with Crippen molar-refractivity contribution in [1.82, 2.24) is 19.5 Å². The van der Waals surface area contributed by atoms with Gasteiger partial charge in [-0.2, -0.15) is 0 Å². The number of hydrogen-bond donors (Lipinski definition) is 0. The van der Waals surface area contributed by atoms with Gasteiger partial charge in [-0.1, -0.05) is 18.0 Å². The van der Waals surface area contributed by atoms with Crippen LogP contribution in [0.5, 0.6) is 0 Å². The van der Waals surface area contributed by atoms with Crippen LogP contribution in [0.25, 0.3) is 11.2 Å². The van der Waals surface area contributed by atoms with Crippen molar-refractivity contribution < 1.29 is 0 Å². The Bertz CT molecular complexity index is 682. The van der Waals surface area contributed by atoms with Crippen LogP contribution in [0.15, 0.2) is 12.7 Å². The van der Waals surface area contributed by atoms with Gasteiger partial charge in [0, 0.05) is 6.04 Å². The zero-order valence-corrected chi connectivity index (χ0v) is 12.0. The third kappa shape index (κ3) is 1.36. The van der Waals surface area contributed by atoms with Gasteiger partial charge in [0.2, 0.25) is 0 Å². The van der Waals surface area contributed by atoms with Crippen molar-refractivity contribution in [1.29, 1.82) is 0 Å². The number of aromatic nitrogens is 4. The van der Waals surface area contributed by atoms with Gasteiger partial charge in [0.05, 0.1) is 6.33 Å². The molecule has 3 saturated carbocycles. The van der Waals surface area contributed by atoms with Crippen LogP contribution in [-0.2, 0) is 0 Å². The second kappa shape index (κ2) is 3.94. The molecule has 2 heterocycles. The molecule has 0 aromatic carbocycles. The Morgan fingerprint density at radius 1 is 1.05 bits per heavy atom. The molecular weight excluding hydrogens is 272 g/mol. The Morgan fingerprint density at radius 2 is 1.95 bits per heavy atom. The van der Waals surface area contributed by atoms with E-state index in [1.165, 1.54) is 32.1 Å². The Morgan fingerprint density at radius 3 is 2.90 bits per heavy atom. The monoisotopic (exact) mass is 288 g/mol. The molecule has 0 unspecified atom stereocenters. The van der Waals surface area contributed by atoms with Crippen LogP contribution in [0.3, 0.4) is 0 Å². The summed E-state index contributed by atoms with van der Waals surface area (Å²) in [4.78, 5) is 12.9. The summed E-state index contributed by atoms with van der Waals surface area (Å²) >= 11 is 6.12. The maximum absolute atomic E-state index is 6.12. The molecule has 5 heteroatoms. The van der Waals surface area contributed by atoms with E-state index in [9.17, 15) is 0 Å². The number of imidazole rings is 1. The largest absolute Gasteiger partial charge is 0.312 e. The van der Waals surface area contributed by atoms with E-state index in [4.69, 9.17) is 11.6 Å². The van der Waals surface area contributed by atoms with E-state index >= 15 is 0 Å². The molecule has 0 aliphatic heterocycles. The molecule has 0 N–H and O–H groups in total. The van der Waals surface area contributed by atoms with Crippen molar-refractivity contribution in [2.45, 2.75) is 38.1 Å². The second-order valence-corrected chi connectivity index (χ2v) is 7.07. The van der Waals surface area contributed by atoms with Gasteiger partial charge in [-0.25, -0.2) is 15.0 Å². The van der Waals surface area contributed by atoms with E-state index in [1.54, 1.807) is 6.33 Å². The van der Waals surface area contributed by atoms with Gasteiger partial charge < -0.3 is 4.57 Å². The zero-order chi connectivity index (χ0) is 13.3. The minimum atomic E-state index is 0.468. The normalized spacial score (nSPS) is 38.8. The van der Waals surface area contributed by atoms with Crippen LogP contribution < -0.4 is 0 Å². The van der Waals surface area contributed by atoms with E-state index in [1.807, 2.05) is 6.33 Å². The SMILES string of the molecule is Clc1ncnc2c1ncn2[C@H]1C[C@H]2C[C@@H]1[C@@H]1CCC[C@H]21. The highest BCUT2D eigenvalue weighted by Crippen LogP contribution is 2.62. The smallest absolute Gasteiger partial charge is 0.165 e. The maximum Gasteiger partial charge on any atom is 0.165 e. The number of fused-ring (bicyclic) bond motifs is 6. The molecule has 3 fully saturated rings. The van der Waals surface area contributed by atoms with E-state index in [2.05, 4.69) is 19.5 Å². The molecule has 2 aromatic heterocycles. The second-order valence-electron chi connectivity index (χ2n) is 6.71. The van der Waals surface area contributed by atoms with Gasteiger partial charge in [-0.05, 0) is 49.4 Å². The van der Waals surface area contributed by atoms with Crippen molar-refractivity contribution in [2.75, 3.05) is 0 Å². The van der Waals surface area contributed by atoms with E-state index in [0.29, 0.717) is 11.2 Å². The Hall–Kier alpha value is -1.16. The molecule has 3 aliphatic carbocycles. The fourth-order valence-electron chi connectivity index (χ4n) is 5.42. The highest BCUT2D eigenvalue weighted by Gasteiger charge is 2.54. The van der Waals surface area contributed by atoms with Crippen LogP contribution >= 0.6 is 11.6 Å². The van der Waals surface area contributed by atoms with Gasteiger partial charge in [0.15, 0.2) is 10.8 Å². The first-order chi connectivity index (χ1) is 9.83. The standard InChI is InChI=1S/C15H17ClN4/c16-14-13-15(18-6-17-14)20(7-19-13)12-5-8-4-11(12)10-3-1-2-9(8)10/h6-12H,1-5H2/t8-,9-,10-,11-,12+/m1/s1. The number of nitrogens with zero attached hydrogens (tertiary/aromatic N) is 4. The lowest BCUT2D eigenvalue weighted by Gasteiger charge is -2.32. The summed E-state index contributed by atoms with van der Waals surface area (Å²) < 4.78 is 2.28. The summed E-state index contributed by atoms with van der Waals surface area (Å²) in [5, 5.41) is 0.468. The lowest BCUT2D eigenvalue weighted by Crippen LogP contribution is -2.26. The van der Waals surface area contributed by atoms with Crippen LogP contribution in [0.1, 0.15) is 38.1 Å². The van der Waals surface area contributed by atoms with Crippen molar-refractivity contribution >= 4 is 22.8 Å². The molecule has 3 aliphatic rings. The average Bonchev–Trinajstić information content (AvgIpc) is 3.19. The molecule has 0 saturated heterocycles. The van der Waals surface area contributed by atoms with Gasteiger partial charge in [0.1, 0.15) is 11.8 Å². The Kier molecular flexibility index (Phi) is 2.26. The summed E-state index contributed by atoms with van der Waals surface area (Å²) in [5.41, 5.74) is 1.66. The first kappa shape index (κ1) is 11.5. The van der Waals surface area contributed by atoms with E-state index < -0.39 is 0 Å². The minimum Gasteiger partial charge on any atom is -0.312 e. The maximum atomic E-state index is 6.12. The third-order valence-electron chi connectivity index (χ3n) is 6.07. The summed E-state index contributed by atoms with van der Waals surface area (Å²) in [6, 6.07) is 0.579. The highest BCUT2D eigenvalue weighted by molar-refractivity contribution is 6.33. The topological polar surface area (TPSA) is 43.6 Å². The van der Waals surface area contributed by atoms with Gasteiger partial charge >= 0.3 is 0 Å². The van der Waals surface area contributed by atoms with Crippen LogP contribution in [-0.4, -0.2) is 19.5 Å². The summed E-state index contributed by atoms with van der Waals surface area (Å²) in [5.74, 6) is 3.74. The molecule has 20 heavy (non-hydrogen) atoms. The number of rotatable bonds is 1. The first-order valence-corrected chi connectivity index (χ1v) is 8.04. The lowest BCUT2D eigenvalue weighted by molar-refractivity contribution is 0.194. The fraction of sp³-hybridized carbons (Fsp3) is 0.667.